The van der Waals surface area contributed by atoms with E-state index < -0.39 is 0 Å². The fraction of sp³-hybridized carbons (Fsp3) is 0.625. The first-order chi connectivity index (χ1) is 7.13. The van der Waals surface area contributed by atoms with Crippen molar-refractivity contribution >= 4 is 35.3 Å². The van der Waals surface area contributed by atoms with Crippen molar-refractivity contribution in [3.63, 3.8) is 0 Å². The highest BCUT2D eigenvalue weighted by Crippen LogP contribution is 2.11. The molecule has 84 valence electrons. The summed E-state index contributed by atoms with van der Waals surface area (Å²) in [6.45, 7) is 0.814. The molecule has 1 rings (SSSR count). The first kappa shape index (κ1) is 12.3. The number of hydrogen-bond acceptors (Lipinski definition) is 6. The van der Waals surface area contributed by atoms with E-state index in [9.17, 15) is 0 Å². The van der Waals surface area contributed by atoms with Crippen molar-refractivity contribution in [3.8, 4) is 0 Å². The third-order valence-corrected chi connectivity index (χ3v) is 2.37. The Labute approximate surface area is 98.7 Å². The third-order valence-electron chi connectivity index (χ3n) is 1.59. The van der Waals surface area contributed by atoms with Crippen LogP contribution in [0.1, 0.15) is 0 Å². The average molecular weight is 248 g/mol. The van der Waals surface area contributed by atoms with E-state index in [1.54, 1.807) is 16.7 Å². The molecular formula is C8H14ClN5S. The summed E-state index contributed by atoms with van der Waals surface area (Å²) < 4.78 is 0. The second kappa shape index (κ2) is 5.97. The molecule has 0 aliphatic carbocycles. The number of thioether (sulfide) groups is 1. The molecule has 1 N–H and O–H groups in total. The van der Waals surface area contributed by atoms with Crippen molar-refractivity contribution in [3.05, 3.63) is 5.28 Å². The maximum Gasteiger partial charge on any atom is 0.230 e. The normalized spacial score (nSPS) is 10.1. The van der Waals surface area contributed by atoms with Crippen LogP contribution in [0.15, 0.2) is 0 Å². The lowest BCUT2D eigenvalue weighted by molar-refractivity contribution is 0.949. The van der Waals surface area contributed by atoms with E-state index in [2.05, 4.69) is 20.3 Å². The number of hydrogen-bond donors (Lipinski definition) is 1. The van der Waals surface area contributed by atoms with Gasteiger partial charge in [0.25, 0.3) is 0 Å². The van der Waals surface area contributed by atoms with E-state index in [1.165, 1.54) is 0 Å². The molecule has 0 aromatic carbocycles. The first-order valence-electron chi connectivity index (χ1n) is 4.45. The van der Waals surface area contributed by atoms with Crippen LogP contribution in [0.5, 0.6) is 0 Å². The van der Waals surface area contributed by atoms with Crippen LogP contribution in [0.4, 0.5) is 11.9 Å². The Morgan fingerprint density at radius 3 is 2.67 bits per heavy atom. The molecule has 0 atom stereocenters. The first-order valence-corrected chi connectivity index (χ1v) is 6.22. The molecule has 1 heterocycles. The van der Waals surface area contributed by atoms with E-state index in [0.717, 1.165) is 12.3 Å². The Morgan fingerprint density at radius 2 is 2.07 bits per heavy atom. The molecule has 0 saturated heterocycles. The summed E-state index contributed by atoms with van der Waals surface area (Å²) in [7, 11) is 3.72. The Morgan fingerprint density at radius 1 is 1.33 bits per heavy atom. The van der Waals surface area contributed by atoms with Gasteiger partial charge in [0.15, 0.2) is 0 Å². The van der Waals surface area contributed by atoms with Gasteiger partial charge in [0.2, 0.25) is 17.2 Å². The van der Waals surface area contributed by atoms with Crippen LogP contribution in [0.3, 0.4) is 0 Å². The molecule has 0 aliphatic rings. The second-order valence-corrected chi connectivity index (χ2v) is 4.37. The van der Waals surface area contributed by atoms with Crippen molar-refractivity contribution in [2.24, 2.45) is 0 Å². The van der Waals surface area contributed by atoms with E-state index in [-0.39, 0.29) is 5.28 Å². The number of nitrogens with zero attached hydrogens (tertiary/aromatic N) is 4. The molecule has 0 unspecified atom stereocenters. The van der Waals surface area contributed by atoms with E-state index in [0.29, 0.717) is 11.9 Å². The summed E-state index contributed by atoms with van der Waals surface area (Å²) in [5.74, 6) is 2.08. The fourth-order valence-electron chi connectivity index (χ4n) is 0.884. The van der Waals surface area contributed by atoms with Gasteiger partial charge in [-0.2, -0.15) is 26.7 Å². The highest BCUT2D eigenvalue weighted by atomic mass is 35.5. The highest BCUT2D eigenvalue weighted by molar-refractivity contribution is 7.98. The second-order valence-electron chi connectivity index (χ2n) is 3.04. The van der Waals surface area contributed by atoms with Crippen molar-refractivity contribution in [2.75, 3.05) is 42.9 Å². The summed E-state index contributed by atoms with van der Waals surface area (Å²) in [5.41, 5.74) is 0. The van der Waals surface area contributed by atoms with Gasteiger partial charge in [-0.25, -0.2) is 0 Å². The van der Waals surface area contributed by atoms with Gasteiger partial charge in [-0.15, -0.1) is 0 Å². The maximum absolute atomic E-state index is 5.77. The summed E-state index contributed by atoms with van der Waals surface area (Å²) in [4.78, 5) is 14.0. The molecule has 7 heteroatoms. The van der Waals surface area contributed by atoms with Crippen molar-refractivity contribution in [1.29, 1.82) is 0 Å². The van der Waals surface area contributed by atoms with Crippen LogP contribution in [-0.2, 0) is 0 Å². The van der Waals surface area contributed by atoms with Crippen molar-refractivity contribution in [1.82, 2.24) is 15.0 Å². The highest BCUT2D eigenvalue weighted by Gasteiger charge is 2.05. The average Bonchev–Trinajstić information content (AvgIpc) is 2.17. The van der Waals surface area contributed by atoms with E-state index in [4.69, 9.17) is 11.6 Å². The number of anilines is 2. The van der Waals surface area contributed by atoms with E-state index in [1.807, 2.05) is 20.4 Å². The SMILES string of the molecule is CSCCNc1nc(Cl)nc(N(C)C)n1. The van der Waals surface area contributed by atoms with Crippen LogP contribution in [-0.4, -0.2) is 47.6 Å². The molecule has 5 nitrogen and oxygen atoms in total. The summed E-state index contributed by atoms with van der Waals surface area (Å²) in [6, 6.07) is 0. The minimum absolute atomic E-state index is 0.209. The fourth-order valence-corrected chi connectivity index (χ4v) is 1.35. The molecule has 0 radical (unpaired) electrons. The van der Waals surface area contributed by atoms with Crippen molar-refractivity contribution < 1.29 is 0 Å². The van der Waals surface area contributed by atoms with Gasteiger partial charge < -0.3 is 10.2 Å². The smallest absolute Gasteiger partial charge is 0.230 e. The van der Waals surface area contributed by atoms with Crippen LogP contribution in [0, 0.1) is 0 Å². The Bertz CT molecular complexity index is 320. The molecule has 0 aliphatic heterocycles. The Hall–Kier alpha value is -0.750. The predicted molar refractivity (Wildman–Crippen MR) is 66.0 cm³/mol. The summed E-state index contributed by atoms with van der Waals surface area (Å²) in [5, 5.41) is 3.30. The minimum Gasteiger partial charge on any atom is -0.353 e. The lowest BCUT2D eigenvalue weighted by Crippen LogP contribution is -2.16. The molecule has 1 aromatic rings. The van der Waals surface area contributed by atoms with Crippen LogP contribution in [0.25, 0.3) is 0 Å². The Kier molecular flexibility index (Phi) is 4.90. The van der Waals surface area contributed by atoms with Gasteiger partial charge in [-0.05, 0) is 17.9 Å². The number of halogens is 1. The molecular weight excluding hydrogens is 234 g/mol. The minimum atomic E-state index is 0.209. The lowest BCUT2D eigenvalue weighted by atomic mass is 10.7. The van der Waals surface area contributed by atoms with Crippen LogP contribution < -0.4 is 10.2 Å². The van der Waals surface area contributed by atoms with Gasteiger partial charge >= 0.3 is 0 Å². The van der Waals surface area contributed by atoms with Crippen LogP contribution in [0.2, 0.25) is 5.28 Å². The van der Waals surface area contributed by atoms with E-state index >= 15 is 0 Å². The number of rotatable bonds is 5. The summed E-state index contributed by atoms with van der Waals surface area (Å²) in [6.07, 6.45) is 2.05. The van der Waals surface area contributed by atoms with Gasteiger partial charge in [0.1, 0.15) is 0 Å². The topological polar surface area (TPSA) is 53.9 Å². The monoisotopic (exact) mass is 247 g/mol. The third kappa shape index (κ3) is 4.09. The standard InChI is InChI=1S/C8H14ClN5S/c1-14(2)8-12-6(9)11-7(13-8)10-4-5-15-3/h4-5H2,1-3H3,(H,10,11,12,13). The Balaban J connectivity index is 2.71. The summed E-state index contributed by atoms with van der Waals surface area (Å²) >= 11 is 7.53. The van der Waals surface area contributed by atoms with Gasteiger partial charge in [-0.1, -0.05) is 0 Å². The molecule has 1 aromatic heterocycles. The number of nitrogens with one attached hydrogen (secondary N) is 1. The van der Waals surface area contributed by atoms with Crippen molar-refractivity contribution in [2.45, 2.75) is 0 Å². The molecule has 15 heavy (non-hydrogen) atoms. The zero-order valence-electron chi connectivity index (χ0n) is 8.99. The number of aromatic nitrogens is 3. The largest absolute Gasteiger partial charge is 0.353 e. The molecule has 0 spiro atoms. The lowest BCUT2D eigenvalue weighted by Gasteiger charge is -2.11. The van der Waals surface area contributed by atoms with Gasteiger partial charge in [0.05, 0.1) is 0 Å². The predicted octanol–water partition coefficient (Wildman–Crippen LogP) is 1.37. The zero-order valence-corrected chi connectivity index (χ0v) is 10.6. The zero-order chi connectivity index (χ0) is 11.3. The van der Waals surface area contributed by atoms with Gasteiger partial charge in [-0.3, -0.25) is 0 Å². The molecule has 0 amide bonds. The molecule has 0 saturated carbocycles. The van der Waals surface area contributed by atoms with Gasteiger partial charge in [0, 0.05) is 26.4 Å². The maximum atomic E-state index is 5.77. The molecule has 0 bridgehead atoms. The molecule has 0 fully saturated rings. The van der Waals surface area contributed by atoms with Crippen LogP contribution >= 0.6 is 23.4 Å². The quantitative estimate of drug-likeness (QED) is 0.794.